The molecule has 0 saturated heterocycles. The summed E-state index contributed by atoms with van der Waals surface area (Å²) >= 11 is 0. The molecule has 0 aliphatic rings. The van der Waals surface area contributed by atoms with Crippen molar-refractivity contribution in [1.29, 1.82) is 0 Å². The van der Waals surface area contributed by atoms with Crippen molar-refractivity contribution in [3.8, 4) is 0 Å². The Labute approximate surface area is 111 Å². The second kappa shape index (κ2) is 8.27. The van der Waals surface area contributed by atoms with Gasteiger partial charge >= 0.3 is 0 Å². The van der Waals surface area contributed by atoms with E-state index in [4.69, 9.17) is 4.74 Å². The number of rotatable bonds is 9. The molecule has 18 heavy (non-hydrogen) atoms. The lowest BCUT2D eigenvalue weighted by Crippen LogP contribution is -2.22. The van der Waals surface area contributed by atoms with E-state index in [1.54, 1.807) is 7.11 Å². The molecule has 0 saturated carbocycles. The summed E-state index contributed by atoms with van der Waals surface area (Å²) < 4.78 is 7.37. The molecule has 1 aromatic rings. The van der Waals surface area contributed by atoms with Crippen molar-refractivity contribution < 1.29 is 4.74 Å². The first kappa shape index (κ1) is 15.2. The molecule has 0 radical (unpaired) electrons. The summed E-state index contributed by atoms with van der Waals surface area (Å²) in [7, 11) is 1.73. The highest BCUT2D eigenvalue weighted by Gasteiger charge is 2.10. The van der Waals surface area contributed by atoms with Crippen LogP contribution in [0.3, 0.4) is 0 Å². The van der Waals surface area contributed by atoms with Gasteiger partial charge in [-0.15, -0.1) is 0 Å². The molecule has 0 amide bonds. The first-order chi connectivity index (χ1) is 8.72. The van der Waals surface area contributed by atoms with Crippen molar-refractivity contribution in [3.05, 3.63) is 17.7 Å². The SMILES string of the molecule is CCC(CC)Cn1c(CNCCOC)cnc1C. The number of methoxy groups -OCH3 is 1. The second-order valence-electron chi connectivity index (χ2n) is 4.76. The largest absolute Gasteiger partial charge is 0.383 e. The van der Waals surface area contributed by atoms with Crippen LogP contribution in [0.15, 0.2) is 6.20 Å². The maximum Gasteiger partial charge on any atom is 0.105 e. The number of hydrogen-bond acceptors (Lipinski definition) is 3. The lowest BCUT2D eigenvalue weighted by Gasteiger charge is -2.17. The standard InChI is InChI=1S/C14H27N3O/c1-5-13(6-2)11-17-12(3)16-10-14(17)9-15-7-8-18-4/h10,13,15H,5-9,11H2,1-4H3. The summed E-state index contributed by atoms with van der Waals surface area (Å²) in [5, 5.41) is 3.38. The monoisotopic (exact) mass is 253 g/mol. The molecule has 0 fully saturated rings. The Morgan fingerprint density at radius 1 is 1.39 bits per heavy atom. The van der Waals surface area contributed by atoms with Crippen molar-refractivity contribution in [3.63, 3.8) is 0 Å². The number of ether oxygens (including phenoxy) is 1. The van der Waals surface area contributed by atoms with Gasteiger partial charge in [0, 0.05) is 32.9 Å². The molecule has 0 aliphatic carbocycles. The molecule has 1 aromatic heterocycles. The predicted molar refractivity (Wildman–Crippen MR) is 74.6 cm³/mol. The fourth-order valence-corrected chi connectivity index (χ4v) is 2.10. The highest BCUT2D eigenvalue weighted by molar-refractivity contribution is 5.04. The van der Waals surface area contributed by atoms with Crippen molar-refractivity contribution in [2.24, 2.45) is 5.92 Å². The van der Waals surface area contributed by atoms with Crippen LogP contribution in [0.5, 0.6) is 0 Å². The van der Waals surface area contributed by atoms with E-state index in [9.17, 15) is 0 Å². The molecule has 1 rings (SSSR count). The predicted octanol–water partition coefficient (Wildman–Crippen LogP) is 2.36. The molecule has 0 bridgehead atoms. The highest BCUT2D eigenvalue weighted by atomic mass is 16.5. The number of nitrogens with zero attached hydrogens (tertiary/aromatic N) is 2. The number of aryl methyl sites for hydroxylation is 1. The quantitative estimate of drug-likeness (QED) is 0.687. The Balaban J connectivity index is 2.57. The van der Waals surface area contributed by atoms with Gasteiger partial charge in [-0.2, -0.15) is 0 Å². The zero-order valence-corrected chi connectivity index (χ0v) is 12.2. The Hall–Kier alpha value is -0.870. The van der Waals surface area contributed by atoms with Crippen LogP contribution in [0.2, 0.25) is 0 Å². The molecule has 104 valence electrons. The van der Waals surface area contributed by atoms with Crippen LogP contribution in [0.1, 0.15) is 38.2 Å². The smallest absolute Gasteiger partial charge is 0.105 e. The van der Waals surface area contributed by atoms with Gasteiger partial charge in [0.05, 0.1) is 12.3 Å². The molecule has 0 aromatic carbocycles. The summed E-state index contributed by atoms with van der Waals surface area (Å²) in [5.74, 6) is 1.86. The first-order valence-electron chi connectivity index (χ1n) is 6.93. The third kappa shape index (κ3) is 4.42. The van der Waals surface area contributed by atoms with E-state index in [0.29, 0.717) is 0 Å². The van der Waals surface area contributed by atoms with Gasteiger partial charge in [0.1, 0.15) is 5.82 Å². The van der Waals surface area contributed by atoms with Gasteiger partial charge in [0.2, 0.25) is 0 Å². The second-order valence-corrected chi connectivity index (χ2v) is 4.76. The molecule has 0 unspecified atom stereocenters. The zero-order chi connectivity index (χ0) is 13.4. The van der Waals surface area contributed by atoms with Gasteiger partial charge in [-0.3, -0.25) is 0 Å². The lowest BCUT2D eigenvalue weighted by atomic mass is 10.0. The molecule has 1 heterocycles. The van der Waals surface area contributed by atoms with Crippen molar-refractivity contribution in [2.45, 2.75) is 46.7 Å². The van der Waals surface area contributed by atoms with Gasteiger partial charge in [0.25, 0.3) is 0 Å². The number of hydrogen-bond donors (Lipinski definition) is 1. The fraction of sp³-hybridized carbons (Fsp3) is 0.786. The molecular weight excluding hydrogens is 226 g/mol. The van der Waals surface area contributed by atoms with E-state index in [1.165, 1.54) is 18.5 Å². The minimum Gasteiger partial charge on any atom is -0.383 e. The number of imidazole rings is 1. The van der Waals surface area contributed by atoms with Crippen LogP contribution in [0.4, 0.5) is 0 Å². The number of aromatic nitrogens is 2. The summed E-state index contributed by atoms with van der Waals surface area (Å²) in [6, 6.07) is 0. The maximum atomic E-state index is 5.03. The van der Waals surface area contributed by atoms with Gasteiger partial charge in [-0.25, -0.2) is 4.98 Å². The zero-order valence-electron chi connectivity index (χ0n) is 12.2. The van der Waals surface area contributed by atoms with Crippen LogP contribution in [0, 0.1) is 12.8 Å². The minimum absolute atomic E-state index is 0.746. The van der Waals surface area contributed by atoms with Gasteiger partial charge in [0.15, 0.2) is 0 Å². The molecule has 0 aliphatic heterocycles. The number of nitrogens with one attached hydrogen (secondary N) is 1. The van der Waals surface area contributed by atoms with E-state index >= 15 is 0 Å². The van der Waals surface area contributed by atoms with E-state index in [-0.39, 0.29) is 0 Å². The Morgan fingerprint density at radius 3 is 2.72 bits per heavy atom. The minimum atomic E-state index is 0.746. The fourth-order valence-electron chi connectivity index (χ4n) is 2.10. The van der Waals surface area contributed by atoms with Crippen LogP contribution in [-0.4, -0.2) is 29.8 Å². The molecular formula is C14H27N3O. The topological polar surface area (TPSA) is 39.1 Å². The van der Waals surface area contributed by atoms with Crippen molar-refractivity contribution in [2.75, 3.05) is 20.3 Å². The van der Waals surface area contributed by atoms with E-state index < -0.39 is 0 Å². The molecule has 4 heteroatoms. The van der Waals surface area contributed by atoms with Crippen molar-refractivity contribution in [1.82, 2.24) is 14.9 Å². The highest BCUT2D eigenvalue weighted by Crippen LogP contribution is 2.14. The lowest BCUT2D eigenvalue weighted by molar-refractivity contribution is 0.199. The summed E-state index contributed by atoms with van der Waals surface area (Å²) in [6.45, 7) is 10.2. The summed E-state index contributed by atoms with van der Waals surface area (Å²) in [5.41, 5.74) is 1.27. The molecule has 1 N–H and O–H groups in total. The van der Waals surface area contributed by atoms with Crippen LogP contribution in [0.25, 0.3) is 0 Å². The van der Waals surface area contributed by atoms with Gasteiger partial charge < -0.3 is 14.6 Å². The Bertz CT molecular complexity index is 332. The van der Waals surface area contributed by atoms with Crippen LogP contribution >= 0.6 is 0 Å². The third-order valence-corrected chi connectivity index (χ3v) is 3.52. The third-order valence-electron chi connectivity index (χ3n) is 3.52. The van der Waals surface area contributed by atoms with E-state index in [1.807, 2.05) is 6.20 Å². The first-order valence-corrected chi connectivity index (χ1v) is 6.93. The summed E-state index contributed by atoms with van der Waals surface area (Å²) in [4.78, 5) is 4.43. The molecule has 0 atom stereocenters. The Morgan fingerprint density at radius 2 is 2.11 bits per heavy atom. The van der Waals surface area contributed by atoms with Gasteiger partial charge in [-0.05, 0) is 12.8 Å². The van der Waals surface area contributed by atoms with E-state index in [0.717, 1.165) is 38.0 Å². The van der Waals surface area contributed by atoms with Crippen LogP contribution < -0.4 is 5.32 Å². The Kier molecular flexibility index (Phi) is 6.98. The molecule has 0 spiro atoms. The molecule has 4 nitrogen and oxygen atoms in total. The average Bonchev–Trinajstić information content (AvgIpc) is 2.73. The summed E-state index contributed by atoms with van der Waals surface area (Å²) in [6.07, 6.45) is 4.44. The normalized spacial score (nSPS) is 11.4. The maximum absolute atomic E-state index is 5.03. The van der Waals surface area contributed by atoms with Crippen LogP contribution in [-0.2, 0) is 17.8 Å². The average molecular weight is 253 g/mol. The van der Waals surface area contributed by atoms with E-state index in [2.05, 4.69) is 35.6 Å². The van der Waals surface area contributed by atoms with Gasteiger partial charge in [-0.1, -0.05) is 26.7 Å². The van der Waals surface area contributed by atoms with Crippen molar-refractivity contribution >= 4 is 0 Å².